The van der Waals surface area contributed by atoms with Gasteiger partial charge < -0.3 is 23.9 Å². The maximum Gasteiger partial charge on any atom is 0.163 e. The second-order valence-electron chi connectivity index (χ2n) is 36.1. The minimum Gasteiger partial charge on any atom is -0.377 e. The maximum atomic E-state index is 11.8. The van der Waals surface area contributed by atoms with Gasteiger partial charge in [0.2, 0.25) is 0 Å². The fraction of sp³-hybridized carbons (Fsp3) is 0.294. The largest absolute Gasteiger partial charge is 0.377 e. The van der Waals surface area contributed by atoms with Crippen molar-refractivity contribution in [3.05, 3.63) is 370 Å². The molecule has 27 nitrogen and oxygen atoms in total. The fourth-order valence-corrected chi connectivity index (χ4v) is 19.8. The summed E-state index contributed by atoms with van der Waals surface area (Å²) >= 11 is 23.5. The van der Waals surface area contributed by atoms with E-state index in [-0.39, 0.29) is 53.3 Å². The van der Waals surface area contributed by atoms with Crippen molar-refractivity contribution in [2.75, 3.05) is 7.11 Å². The number of Topliss-reactive ketones (excluding diaryl/α,β-unsaturated/α-hetero) is 4. The van der Waals surface area contributed by atoms with Crippen LogP contribution in [0, 0.1) is 0 Å². The molecule has 15 aromatic rings. The molecule has 0 spiro atoms. The molecule has 0 saturated heterocycles. The van der Waals surface area contributed by atoms with Gasteiger partial charge in [0.05, 0.1) is 85.5 Å². The molecule has 714 valence electrons. The van der Waals surface area contributed by atoms with Gasteiger partial charge in [-0.3, -0.25) is 72.7 Å². The average molecular weight is 2110 g/mol. The number of aliphatic imine (C=N–C) groups is 5. The van der Waals surface area contributed by atoms with Crippen LogP contribution in [0.1, 0.15) is 301 Å². The summed E-state index contributed by atoms with van der Waals surface area (Å²) in [4.78, 5) is 109. The van der Waals surface area contributed by atoms with Crippen LogP contribution in [0.25, 0.3) is 28.4 Å². The number of ether oxygens (including phenoxy) is 1. The monoisotopic (exact) mass is 2110 g/mol. The highest BCUT2D eigenvalue weighted by atomic mass is 79.9. The third-order valence-electron chi connectivity index (χ3n) is 25.5. The number of aromatic nitrogens is 17. The SMILES string of the molecule is CC(=O)CC[C@@H]1N=C(c2ccccn2)c2cc(Br)ccc2-n2c(C(C)C)cnc21.CC(=O)CC[C@@H]1N=C(c2ccccn2)c2cc(Br)ccc2-n2c(C3CCC3)cnc21.CC(=O)CC[C@@H]1N=C(c2ccccn2)c2cc(Cl)ccc2-n2c(C3CC3)cnc21.CCC[C@@H]1N=C(c2ccccn2)c2cc(Cl)ccc2-n2cnnc21.COCc1nnc2n1-c1ccc(Br)cc1C(c1ccccn1)=N[C@H]2CCC(C)=O. The van der Waals surface area contributed by atoms with E-state index in [1.807, 2.05) is 179 Å². The normalized spacial score (nSPS) is 16.6. The predicted octanol–water partition coefficient (Wildman–Crippen LogP) is 23.9. The van der Waals surface area contributed by atoms with Gasteiger partial charge in [-0.05, 0) is 243 Å². The maximum absolute atomic E-state index is 11.8. The molecule has 0 N–H and O–H groups in total. The zero-order chi connectivity index (χ0) is 98.1. The van der Waals surface area contributed by atoms with Crippen molar-refractivity contribution >= 4 is 123 Å². The second kappa shape index (κ2) is 44.3. The van der Waals surface area contributed by atoms with E-state index in [0.717, 1.165) is 169 Å². The Labute approximate surface area is 852 Å². The van der Waals surface area contributed by atoms with Gasteiger partial charge >= 0.3 is 0 Å². The molecular formula is C109H103Br3Cl2N22O5. The molecule has 2 aliphatic carbocycles. The van der Waals surface area contributed by atoms with Gasteiger partial charge in [-0.15, -0.1) is 20.4 Å². The van der Waals surface area contributed by atoms with Gasteiger partial charge in [-0.25, -0.2) is 15.0 Å². The number of carbonyl (C=O) groups excluding carboxylic acids is 4. The molecule has 5 aliphatic heterocycles. The molecule has 0 radical (unpaired) electrons. The van der Waals surface area contributed by atoms with Gasteiger partial charge in [0.25, 0.3) is 0 Å². The number of halogens is 5. The van der Waals surface area contributed by atoms with Crippen molar-refractivity contribution in [1.82, 2.24) is 83.1 Å². The number of benzene rings is 5. The average Bonchev–Trinajstić information content (AvgIpc) is 1.59. The van der Waals surface area contributed by atoms with Gasteiger partial charge in [0.1, 0.15) is 83.7 Å². The minimum absolute atomic E-state index is 0.0549. The molecule has 2 saturated carbocycles. The lowest BCUT2D eigenvalue weighted by molar-refractivity contribution is -0.118. The summed E-state index contributed by atoms with van der Waals surface area (Å²) in [6.07, 6.45) is 28.7. The summed E-state index contributed by atoms with van der Waals surface area (Å²) in [6.45, 7) is 13.3. The van der Waals surface area contributed by atoms with Crippen molar-refractivity contribution < 1.29 is 23.9 Å². The van der Waals surface area contributed by atoms with Gasteiger partial charge in [-0.2, -0.15) is 0 Å². The summed E-state index contributed by atoms with van der Waals surface area (Å²) in [6, 6.07) is 58.4. The van der Waals surface area contributed by atoms with Crippen molar-refractivity contribution in [2.45, 2.75) is 199 Å². The van der Waals surface area contributed by atoms with Crippen molar-refractivity contribution in [3.8, 4) is 28.4 Å². The zero-order valence-corrected chi connectivity index (χ0v) is 85.5. The molecule has 10 aromatic heterocycles. The number of hydrogen-bond donors (Lipinski definition) is 0. The first-order valence-electron chi connectivity index (χ1n) is 47.6. The Morgan fingerprint density at radius 3 is 1.09 bits per heavy atom. The van der Waals surface area contributed by atoms with Crippen LogP contribution in [-0.4, -0.2) is 142 Å². The molecule has 0 unspecified atom stereocenters. The molecule has 0 amide bonds. The molecule has 7 aliphatic rings. The number of imidazole rings is 3. The van der Waals surface area contributed by atoms with Crippen LogP contribution in [0.2, 0.25) is 10.0 Å². The Hall–Kier alpha value is -13.2. The predicted molar refractivity (Wildman–Crippen MR) is 558 cm³/mol. The van der Waals surface area contributed by atoms with E-state index >= 15 is 0 Å². The molecule has 5 atom stereocenters. The van der Waals surface area contributed by atoms with Crippen LogP contribution >= 0.6 is 71.0 Å². The Morgan fingerprint density at radius 2 is 0.730 bits per heavy atom. The fourth-order valence-electron chi connectivity index (χ4n) is 18.4. The molecule has 0 bridgehead atoms. The molecule has 141 heavy (non-hydrogen) atoms. The van der Waals surface area contributed by atoms with Crippen LogP contribution in [0.15, 0.2) is 276 Å². The number of hydrogen-bond acceptors (Lipinski definition) is 22. The van der Waals surface area contributed by atoms with E-state index in [9.17, 15) is 19.2 Å². The van der Waals surface area contributed by atoms with Crippen molar-refractivity contribution in [3.63, 3.8) is 0 Å². The van der Waals surface area contributed by atoms with Crippen LogP contribution in [-0.2, 0) is 30.5 Å². The van der Waals surface area contributed by atoms with E-state index in [1.165, 1.54) is 43.5 Å². The van der Waals surface area contributed by atoms with E-state index < -0.39 is 0 Å². The Kier molecular flexibility index (Phi) is 30.8. The van der Waals surface area contributed by atoms with Crippen LogP contribution in [0.3, 0.4) is 0 Å². The lowest BCUT2D eigenvalue weighted by Gasteiger charge is -2.27. The zero-order valence-electron chi connectivity index (χ0n) is 79.2. The first-order chi connectivity index (χ1) is 68.5. The van der Waals surface area contributed by atoms with Crippen LogP contribution in [0.4, 0.5) is 0 Å². The summed E-state index contributed by atoms with van der Waals surface area (Å²) in [5, 5.41) is 18.5. The van der Waals surface area contributed by atoms with E-state index in [2.05, 4.69) is 158 Å². The summed E-state index contributed by atoms with van der Waals surface area (Å²) in [5.41, 5.74) is 21.6. The topological polar surface area (TPSA) is 319 Å². The standard InChI is InChI=1S/C24H23BrN4O.C23H23BrN4O.C23H21ClN4O.C21H20BrN5O2.C18H16ClN5/c1-15(30)8-10-20-24-27-14-22(16-5-4-6-16)29(24)21-11-9-17(25)13-18(21)23(28-20)19-7-2-3-12-26-19;1-14(2)21-13-26-23-19(9-7-15(3)29)27-22(18-6-4-5-11-25-18)17-12-16(24)8-10-20(17)28(21)23;1-14(29)5-9-19-23-26-13-21(15-6-7-15)28(23)20-10-8-16(24)12-17(20)22(27-19)18-4-2-3-11-25-18;1-13(28)6-8-17-21-26-25-19(12-29-2)27(21)18-9-7-14(22)11-15(18)20(24-17)16-5-3-4-10-23-16;1-2-5-15-18-23-21-11-24(18)16-8-7-12(19)10-13(16)17(22-15)14-6-3-4-9-20-14/h2-3,7,9,11-14,16,20H,4-6,8,10H2,1H3;4-6,8,10-14,19H,7,9H2,1-3H3;2-4,8,10-13,15,19H,5-7,9H2,1H3;3-5,7,9-11,17H,6,8,12H2,1-2H3;3-4,6-11,15H,2,5H2,1H3/t20-;2*19-;17-;15-/m00000/s1. The smallest absolute Gasteiger partial charge is 0.163 e. The highest BCUT2D eigenvalue weighted by Gasteiger charge is 2.39. The third-order valence-corrected chi connectivity index (χ3v) is 27.5. The summed E-state index contributed by atoms with van der Waals surface area (Å²) in [5.74, 6) is 6.92. The molecule has 32 heteroatoms. The highest BCUT2D eigenvalue weighted by molar-refractivity contribution is 9.11. The van der Waals surface area contributed by atoms with Crippen molar-refractivity contribution in [1.29, 1.82) is 0 Å². The summed E-state index contributed by atoms with van der Waals surface area (Å²) in [7, 11) is 1.63. The first kappa shape index (κ1) is 98.0. The molecular weight excluding hydrogens is 2010 g/mol. The van der Waals surface area contributed by atoms with E-state index in [0.29, 0.717) is 97.4 Å². The number of nitrogens with zero attached hydrogens (tertiary/aromatic N) is 22. The lowest BCUT2D eigenvalue weighted by Crippen LogP contribution is -2.16. The Morgan fingerprint density at radius 1 is 0.383 bits per heavy atom. The summed E-state index contributed by atoms with van der Waals surface area (Å²) < 4.78 is 19.0. The number of carbonyl (C=O) groups is 4. The Bertz CT molecular complexity index is 7140. The molecule has 22 rings (SSSR count). The first-order valence-corrected chi connectivity index (χ1v) is 50.7. The van der Waals surface area contributed by atoms with Crippen molar-refractivity contribution in [2.24, 2.45) is 25.0 Å². The van der Waals surface area contributed by atoms with E-state index in [1.54, 1.807) is 72.1 Å². The number of rotatable bonds is 24. The molecule has 5 aromatic carbocycles. The number of pyridine rings is 5. The van der Waals surface area contributed by atoms with Crippen LogP contribution in [0.5, 0.6) is 0 Å². The van der Waals surface area contributed by atoms with E-state index in [4.69, 9.17) is 67.9 Å². The lowest BCUT2D eigenvalue weighted by atomic mass is 9.83. The molecule has 2 fully saturated rings. The third kappa shape index (κ3) is 21.8. The number of fused-ring (bicyclic) bond motifs is 15. The second-order valence-corrected chi connectivity index (χ2v) is 39.7. The van der Waals surface area contributed by atoms with Gasteiger partial charge in [0.15, 0.2) is 17.5 Å². The number of methoxy groups -OCH3 is 1. The van der Waals surface area contributed by atoms with Crippen LogP contribution < -0.4 is 0 Å². The quantitative estimate of drug-likeness (QED) is 0.0542. The highest BCUT2D eigenvalue weighted by Crippen LogP contribution is 2.47. The van der Waals surface area contributed by atoms with Gasteiger partial charge in [-0.1, -0.05) is 135 Å². The van der Waals surface area contributed by atoms with Gasteiger partial charge in [0, 0.05) is 163 Å². The molecule has 15 heterocycles. The minimum atomic E-state index is -0.319. The number of ketones is 4. The Balaban J connectivity index is 0.000000117.